The van der Waals surface area contributed by atoms with E-state index in [2.05, 4.69) is 20.0 Å². The maximum atomic E-state index is 13.5. The Hall–Kier alpha value is -4.87. The number of alkyl halides is 3. The first-order chi connectivity index (χ1) is 20.9. The zero-order chi connectivity index (χ0) is 33.6. The van der Waals surface area contributed by atoms with E-state index in [-0.39, 0.29) is 27.8 Å². The van der Waals surface area contributed by atoms with Crippen LogP contribution in [0.1, 0.15) is 39.0 Å². The fourth-order valence-electron chi connectivity index (χ4n) is 3.74. The van der Waals surface area contributed by atoms with Gasteiger partial charge in [-0.3, -0.25) is 4.79 Å². The van der Waals surface area contributed by atoms with Crippen LogP contribution in [0.3, 0.4) is 0 Å². The van der Waals surface area contributed by atoms with Crippen LogP contribution < -0.4 is 4.72 Å². The molecule has 0 fully saturated rings. The van der Waals surface area contributed by atoms with Crippen LogP contribution in [0.2, 0.25) is 0 Å². The van der Waals surface area contributed by atoms with Crippen LogP contribution >= 0.6 is 0 Å². The summed E-state index contributed by atoms with van der Waals surface area (Å²) in [6, 6.07) is 12.3. The lowest BCUT2D eigenvalue weighted by molar-refractivity contribution is -0.726. The minimum Gasteiger partial charge on any atom is -0.569 e. The van der Waals surface area contributed by atoms with Gasteiger partial charge in [0.15, 0.2) is 5.69 Å². The van der Waals surface area contributed by atoms with Gasteiger partial charge in [-0.1, -0.05) is 29.8 Å². The molecule has 0 aliphatic rings. The summed E-state index contributed by atoms with van der Waals surface area (Å²) >= 11 is 0. The molecule has 2 aromatic carbocycles. The first kappa shape index (κ1) is 34.6. The molecule has 0 saturated heterocycles. The Balaban J connectivity index is 1.70. The largest absolute Gasteiger partial charge is 0.569 e. The van der Waals surface area contributed by atoms with Crippen molar-refractivity contribution in [3.63, 3.8) is 0 Å². The standard InChI is InChI=1S/C27H31F3N6O8S/c1-18-6-8-20(9-7-18)23-16-24(27(28,29)30)31-35(23)21-10-12-22(13-11-21)45(40,41)32-25(38)42-15-14-34(26(3,4)5)36(39)33-44-17-43-19(2)37/h6-13,16H,14-15,17H2,1-5H3,(H,32,38). The minimum absolute atomic E-state index is 0.0601. The van der Waals surface area contributed by atoms with E-state index in [1.54, 1.807) is 49.8 Å². The van der Waals surface area contributed by atoms with Crippen LogP contribution in [0.5, 0.6) is 0 Å². The normalized spacial score (nSPS) is 12.4. The smallest absolute Gasteiger partial charge is 0.435 e. The van der Waals surface area contributed by atoms with Crippen molar-refractivity contribution in [2.75, 3.05) is 19.9 Å². The molecule has 0 unspecified atom stereocenters. The fourth-order valence-corrected chi connectivity index (χ4v) is 4.63. The summed E-state index contributed by atoms with van der Waals surface area (Å²) in [5, 5.41) is 20.3. The highest BCUT2D eigenvalue weighted by Gasteiger charge is 2.35. The summed E-state index contributed by atoms with van der Waals surface area (Å²) in [6.07, 6.45) is -6.07. The maximum Gasteiger partial charge on any atom is 0.435 e. The number of ether oxygens (including phenoxy) is 2. The highest BCUT2D eigenvalue weighted by atomic mass is 32.2. The quantitative estimate of drug-likeness (QED) is 0.0762. The van der Waals surface area contributed by atoms with Crippen LogP contribution in [-0.2, 0) is 35.3 Å². The first-order valence-corrected chi connectivity index (χ1v) is 14.6. The van der Waals surface area contributed by atoms with Crippen LogP contribution in [-0.4, -0.2) is 65.7 Å². The lowest BCUT2D eigenvalue weighted by atomic mass is 10.1. The van der Waals surface area contributed by atoms with Gasteiger partial charge in [0.25, 0.3) is 16.8 Å². The molecule has 3 aromatic rings. The van der Waals surface area contributed by atoms with E-state index in [0.29, 0.717) is 5.56 Å². The number of sulfonamides is 1. The van der Waals surface area contributed by atoms with Crippen molar-refractivity contribution in [2.24, 2.45) is 5.28 Å². The number of hydrogen-bond donors (Lipinski definition) is 1. The third kappa shape index (κ3) is 9.56. The number of aryl methyl sites for hydroxylation is 1. The Bertz CT molecular complexity index is 1630. The molecule has 0 aliphatic carbocycles. The zero-order valence-electron chi connectivity index (χ0n) is 24.9. The molecule has 1 heterocycles. The number of benzene rings is 2. The molecule has 0 bridgehead atoms. The van der Waals surface area contributed by atoms with Gasteiger partial charge in [0, 0.05) is 12.5 Å². The number of hydrazine groups is 1. The van der Waals surface area contributed by atoms with Gasteiger partial charge in [-0.2, -0.15) is 18.3 Å². The lowest BCUT2D eigenvalue weighted by Crippen LogP contribution is -2.48. The summed E-state index contributed by atoms with van der Waals surface area (Å²) in [7, 11) is -4.46. The van der Waals surface area contributed by atoms with Crippen molar-refractivity contribution in [3.05, 3.63) is 71.1 Å². The number of esters is 1. The van der Waals surface area contributed by atoms with Crippen molar-refractivity contribution >= 4 is 22.1 Å². The molecule has 0 saturated carbocycles. The van der Waals surface area contributed by atoms with Crippen molar-refractivity contribution in [3.8, 4) is 16.9 Å². The summed E-state index contributed by atoms with van der Waals surface area (Å²) in [5.41, 5.74) is -0.360. The van der Waals surface area contributed by atoms with Gasteiger partial charge in [-0.25, -0.2) is 22.6 Å². The molecule has 3 rings (SSSR count). The molecule has 1 aromatic heterocycles. The second-order valence-corrected chi connectivity index (χ2v) is 12.1. The fraction of sp³-hybridized carbons (Fsp3) is 0.370. The third-order valence-electron chi connectivity index (χ3n) is 5.92. The minimum atomic E-state index is -4.72. The number of hydrogen-bond acceptors (Lipinski definition) is 10. The predicted octanol–water partition coefficient (Wildman–Crippen LogP) is 4.71. The summed E-state index contributed by atoms with van der Waals surface area (Å²) in [6.45, 7) is 6.61. The van der Waals surface area contributed by atoms with Crippen molar-refractivity contribution in [1.82, 2.24) is 19.5 Å². The van der Waals surface area contributed by atoms with E-state index in [0.717, 1.165) is 40.4 Å². The number of nitrogens with one attached hydrogen (secondary N) is 1. The van der Waals surface area contributed by atoms with Crippen LogP contribution in [0.25, 0.3) is 16.9 Å². The second-order valence-electron chi connectivity index (χ2n) is 10.4. The molecule has 0 atom stereocenters. The number of carbonyl (C=O) groups is 2. The first-order valence-electron chi connectivity index (χ1n) is 13.1. The SMILES string of the molecule is CC(=O)OCON=[N+]([O-])N(CCOC(=O)NS(=O)(=O)c1ccc(-n2nc(C(F)(F)F)cc2-c2ccc(C)cc2)cc1)C(C)(C)C. The second kappa shape index (κ2) is 13.8. The molecular weight excluding hydrogens is 625 g/mol. The molecule has 0 aliphatic heterocycles. The molecule has 1 N–H and O–H groups in total. The van der Waals surface area contributed by atoms with Crippen molar-refractivity contribution in [1.29, 1.82) is 0 Å². The molecule has 244 valence electrons. The van der Waals surface area contributed by atoms with Crippen LogP contribution in [0, 0.1) is 12.1 Å². The topological polar surface area (TPSA) is 167 Å². The van der Waals surface area contributed by atoms with Gasteiger partial charge < -0.3 is 19.5 Å². The zero-order valence-corrected chi connectivity index (χ0v) is 25.7. The Labute approximate surface area is 256 Å². The average Bonchev–Trinajstić information content (AvgIpc) is 3.39. The number of halogens is 3. The number of aromatic nitrogens is 2. The third-order valence-corrected chi connectivity index (χ3v) is 7.24. The maximum absolute atomic E-state index is 13.5. The van der Waals surface area contributed by atoms with Crippen LogP contribution in [0.4, 0.5) is 18.0 Å². The van der Waals surface area contributed by atoms with E-state index in [1.807, 2.05) is 6.92 Å². The van der Waals surface area contributed by atoms with E-state index in [1.165, 1.54) is 12.1 Å². The summed E-state index contributed by atoms with van der Waals surface area (Å²) in [4.78, 5) is 27.3. The predicted molar refractivity (Wildman–Crippen MR) is 151 cm³/mol. The van der Waals surface area contributed by atoms with Gasteiger partial charge in [-0.15, -0.1) is 5.01 Å². The number of nitrogens with zero attached hydrogens (tertiary/aromatic N) is 5. The Kier molecular flexibility index (Phi) is 10.6. The molecular formula is C27H31F3N6O8S. The number of carbonyl (C=O) groups excluding carboxylic acids is 2. The van der Waals surface area contributed by atoms with Crippen molar-refractivity contribution in [2.45, 2.75) is 51.2 Å². The Morgan fingerprint density at radius 1 is 1.07 bits per heavy atom. The van der Waals surface area contributed by atoms with E-state index < -0.39 is 52.9 Å². The molecule has 0 spiro atoms. The highest BCUT2D eigenvalue weighted by Crippen LogP contribution is 2.33. The van der Waals surface area contributed by atoms with E-state index in [9.17, 15) is 36.4 Å². The van der Waals surface area contributed by atoms with Gasteiger partial charge in [0.1, 0.15) is 13.2 Å². The lowest BCUT2D eigenvalue weighted by Gasteiger charge is -2.29. The number of rotatable bonds is 11. The number of amides is 1. The monoisotopic (exact) mass is 656 g/mol. The van der Waals surface area contributed by atoms with Gasteiger partial charge >= 0.3 is 18.2 Å². The molecule has 1 amide bonds. The Morgan fingerprint density at radius 2 is 1.69 bits per heavy atom. The Morgan fingerprint density at radius 3 is 2.24 bits per heavy atom. The van der Waals surface area contributed by atoms with E-state index >= 15 is 0 Å². The van der Waals surface area contributed by atoms with Gasteiger partial charge in [-0.05, 0) is 58.0 Å². The molecule has 45 heavy (non-hydrogen) atoms. The summed E-state index contributed by atoms with van der Waals surface area (Å²) in [5.74, 6) is -0.648. The van der Waals surface area contributed by atoms with Gasteiger partial charge in [0.2, 0.25) is 5.28 Å². The van der Waals surface area contributed by atoms with Crippen molar-refractivity contribution < 1.29 is 50.5 Å². The highest BCUT2D eigenvalue weighted by molar-refractivity contribution is 7.90. The molecule has 18 heteroatoms. The van der Waals surface area contributed by atoms with E-state index in [4.69, 9.17) is 4.74 Å². The van der Waals surface area contributed by atoms with Gasteiger partial charge in [0.05, 0.1) is 26.8 Å². The summed E-state index contributed by atoms with van der Waals surface area (Å²) < 4.78 is 78.2. The molecule has 14 nitrogen and oxygen atoms in total. The molecule has 0 radical (unpaired) electrons. The van der Waals surface area contributed by atoms with Crippen LogP contribution in [0.15, 0.2) is 64.8 Å². The average molecular weight is 657 g/mol.